The summed E-state index contributed by atoms with van der Waals surface area (Å²) in [6.45, 7) is 1.26. The summed E-state index contributed by atoms with van der Waals surface area (Å²) in [5.74, 6) is -0.0592. The van der Waals surface area contributed by atoms with Crippen LogP contribution in [-0.2, 0) is 11.2 Å². The van der Waals surface area contributed by atoms with E-state index < -0.39 is 0 Å². The van der Waals surface area contributed by atoms with Crippen molar-refractivity contribution in [2.75, 3.05) is 13.1 Å². The number of nitrogens with one attached hydrogen (secondary N) is 1. The third-order valence-corrected chi connectivity index (χ3v) is 4.01. The van der Waals surface area contributed by atoms with Gasteiger partial charge in [-0.2, -0.15) is 0 Å². The summed E-state index contributed by atoms with van der Waals surface area (Å²) < 4.78 is 0. The quantitative estimate of drug-likeness (QED) is 0.913. The second-order valence-electron chi connectivity index (χ2n) is 5.69. The van der Waals surface area contributed by atoms with Crippen LogP contribution in [0, 0.1) is 0 Å². The van der Waals surface area contributed by atoms with Gasteiger partial charge in [-0.3, -0.25) is 14.6 Å². The number of carbonyl (C=O) groups is 2. The van der Waals surface area contributed by atoms with Gasteiger partial charge in [-0.1, -0.05) is 30.3 Å². The van der Waals surface area contributed by atoms with Gasteiger partial charge in [0.25, 0.3) is 5.91 Å². The number of pyridine rings is 1. The molecule has 118 valence electrons. The zero-order valence-electron chi connectivity index (χ0n) is 12.8. The summed E-state index contributed by atoms with van der Waals surface area (Å²) in [4.78, 5) is 29.9. The van der Waals surface area contributed by atoms with Gasteiger partial charge >= 0.3 is 0 Å². The minimum Gasteiger partial charge on any atom is -0.347 e. The van der Waals surface area contributed by atoms with Gasteiger partial charge in [-0.25, -0.2) is 0 Å². The minimum absolute atomic E-state index is 0.0981. The van der Waals surface area contributed by atoms with E-state index in [0.717, 1.165) is 6.42 Å². The van der Waals surface area contributed by atoms with E-state index in [9.17, 15) is 9.59 Å². The molecule has 1 saturated heterocycles. The lowest BCUT2D eigenvalue weighted by Gasteiger charge is -2.17. The number of nitrogens with zero attached hydrogens (tertiary/aromatic N) is 2. The van der Waals surface area contributed by atoms with Crippen molar-refractivity contribution in [3.8, 4) is 0 Å². The molecule has 2 amide bonds. The van der Waals surface area contributed by atoms with Crippen LogP contribution in [0.2, 0.25) is 0 Å². The molecular weight excluding hydrogens is 290 g/mol. The van der Waals surface area contributed by atoms with Crippen LogP contribution < -0.4 is 5.32 Å². The van der Waals surface area contributed by atoms with Crippen LogP contribution in [0.15, 0.2) is 54.9 Å². The topological polar surface area (TPSA) is 62.3 Å². The lowest BCUT2D eigenvalue weighted by molar-refractivity contribution is -0.127. The molecule has 0 aliphatic carbocycles. The van der Waals surface area contributed by atoms with Crippen LogP contribution in [0.4, 0.5) is 0 Å². The number of carbonyl (C=O) groups excluding carboxylic acids is 2. The first-order chi connectivity index (χ1) is 11.2. The molecule has 5 heteroatoms. The van der Waals surface area contributed by atoms with Crippen molar-refractivity contribution >= 4 is 11.8 Å². The van der Waals surface area contributed by atoms with Gasteiger partial charge in [0.2, 0.25) is 5.91 Å². The normalized spacial score (nSPS) is 17.3. The Labute approximate surface area is 135 Å². The summed E-state index contributed by atoms with van der Waals surface area (Å²) in [6.07, 6.45) is 4.37. The third kappa shape index (κ3) is 3.94. The molecule has 2 aromatic rings. The highest BCUT2D eigenvalue weighted by atomic mass is 16.2. The number of hydrogen-bond donors (Lipinski definition) is 1. The predicted octanol–water partition coefficient (Wildman–Crippen LogP) is 1.65. The van der Waals surface area contributed by atoms with E-state index in [1.807, 2.05) is 23.1 Å². The smallest absolute Gasteiger partial charge is 0.251 e. The van der Waals surface area contributed by atoms with Crippen molar-refractivity contribution in [2.45, 2.75) is 18.9 Å². The average Bonchev–Trinajstić information content (AvgIpc) is 2.94. The molecular formula is C18H19N3O2. The lowest BCUT2D eigenvalue weighted by Crippen LogP contribution is -2.37. The van der Waals surface area contributed by atoms with E-state index in [0.29, 0.717) is 25.1 Å². The first-order valence-electron chi connectivity index (χ1n) is 7.75. The van der Waals surface area contributed by atoms with Crippen molar-refractivity contribution in [3.05, 3.63) is 66.0 Å². The van der Waals surface area contributed by atoms with E-state index >= 15 is 0 Å². The second-order valence-corrected chi connectivity index (χ2v) is 5.69. The van der Waals surface area contributed by atoms with Crippen molar-refractivity contribution in [2.24, 2.45) is 0 Å². The summed E-state index contributed by atoms with van der Waals surface area (Å²) in [6, 6.07) is 13.3. The van der Waals surface area contributed by atoms with E-state index in [-0.39, 0.29) is 17.9 Å². The van der Waals surface area contributed by atoms with E-state index in [4.69, 9.17) is 0 Å². The van der Waals surface area contributed by atoms with Gasteiger partial charge in [0, 0.05) is 37.5 Å². The monoisotopic (exact) mass is 309 g/mol. The van der Waals surface area contributed by atoms with Crippen LogP contribution in [0.25, 0.3) is 0 Å². The Hall–Kier alpha value is -2.69. The molecule has 2 heterocycles. The minimum atomic E-state index is -0.157. The molecule has 0 unspecified atom stereocenters. The summed E-state index contributed by atoms with van der Waals surface area (Å²) in [5.41, 5.74) is 1.78. The molecule has 1 aromatic carbocycles. The van der Waals surface area contributed by atoms with Crippen molar-refractivity contribution in [1.82, 2.24) is 15.2 Å². The van der Waals surface area contributed by atoms with Gasteiger partial charge in [-0.05, 0) is 24.1 Å². The Kier molecular flexibility index (Phi) is 4.66. The predicted molar refractivity (Wildman–Crippen MR) is 86.8 cm³/mol. The van der Waals surface area contributed by atoms with E-state index in [1.54, 1.807) is 24.5 Å². The lowest BCUT2D eigenvalue weighted by atomic mass is 10.1. The molecule has 0 bridgehead atoms. The van der Waals surface area contributed by atoms with Gasteiger partial charge in [0.1, 0.15) is 0 Å². The van der Waals surface area contributed by atoms with Crippen LogP contribution in [0.3, 0.4) is 0 Å². The summed E-state index contributed by atoms with van der Waals surface area (Å²) in [7, 11) is 0. The molecule has 23 heavy (non-hydrogen) atoms. The number of likely N-dealkylation sites (tertiary alicyclic amines) is 1. The SMILES string of the molecule is O=C(N[C@@H]1CC(=O)N(CCc2ccccc2)C1)c1ccncc1. The van der Waals surface area contributed by atoms with Crippen LogP contribution in [0.5, 0.6) is 0 Å². The maximum absolute atomic E-state index is 12.1. The van der Waals surface area contributed by atoms with Crippen molar-refractivity contribution < 1.29 is 9.59 Å². The molecule has 0 saturated carbocycles. The Morgan fingerprint density at radius 1 is 1.17 bits per heavy atom. The number of rotatable bonds is 5. The molecule has 1 aliphatic rings. The first-order valence-corrected chi connectivity index (χ1v) is 7.75. The molecule has 0 radical (unpaired) electrons. The van der Waals surface area contributed by atoms with Gasteiger partial charge in [0.05, 0.1) is 6.04 Å². The summed E-state index contributed by atoms with van der Waals surface area (Å²) in [5, 5.41) is 2.92. The molecule has 1 aliphatic heterocycles. The Balaban J connectivity index is 1.52. The highest BCUT2D eigenvalue weighted by Crippen LogP contribution is 2.13. The average molecular weight is 309 g/mol. The van der Waals surface area contributed by atoms with Crippen LogP contribution in [-0.4, -0.2) is 40.8 Å². The Bertz CT molecular complexity index is 673. The van der Waals surface area contributed by atoms with Crippen LogP contribution in [0.1, 0.15) is 22.3 Å². The fourth-order valence-electron chi connectivity index (χ4n) is 2.77. The zero-order valence-corrected chi connectivity index (χ0v) is 12.8. The molecule has 1 fully saturated rings. The standard InChI is InChI=1S/C18H19N3O2/c22-17-12-16(20-18(23)15-6-9-19-10-7-15)13-21(17)11-8-14-4-2-1-3-5-14/h1-7,9-10,16H,8,11-13H2,(H,20,23)/t16-/m1/s1. The molecule has 1 N–H and O–H groups in total. The highest BCUT2D eigenvalue weighted by Gasteiger charge is 2.30. The Morgan fingerprint density at radius 3 is 2.65 bits per heavy atom. The highest BCUT2D eigenvalue weighted by molar-refractivity contribution is 5.94. The van der Waals surface area contributed by atoms with Gasteiger partial charge in [-0.15, -0.1) is 0 Å². The number of amides is 2. The molecule has 1 atom stereocenters. The third-order valence-electron chi connectivity index (χ3n) is 4.01. The maximum Gasteiger partial charge on any atom is 0.251 e. The molecule has 3 rings (SSSR count). The zero-order chi connectivity index (χ0) is 16.1. The van der Waals surface area contributed by atoms with Crippen LogP contribution >= 0.6 is 0 Å². The maximum atomic E-state index is 12.1. The van der Waals surface area contributed by atoms with E-state index in [2.05, 4.69) is 22.4 Å². The fraction of sp³-hybridized carbons (Fsp3) is 0.278. The summed E-state index contributed by atoms with van der Waals surface area (Å²) >= 11 is 0. The first kappa shape index (κ1) is 15.2. The number of hydrogen-bond acceptors (Lipinski definition) is 3. The fourth-order valence-corrected chi connectivity index (χ4v) is 2.77. The largest absolute Gasteiger partial charge is 0.347 e. The second kappa shape index (κ2) is 7.05. The number of benzene rings is 1. The molecule has 0 spiro atoms. The number of aromatic nitrogens is 1. The van der Waals surface area contributed by atoms with Gasteiger partial charge < -0.3 is 10.2 Å². The van der Waals surface area contributed by atoms with Gasteiger partial charge in [0.15, 0.2) is 0 Å². The van der Waals surface area contributed by atoms with Crippen molar-refractivity contribution in [3.63, 3.8) is 0 Å². The molecule has 5 nitrogen and oxygen atoms in total. The Morgan fingerprint density at radius 2 is 1.91 bits per heavy atom. The van der Waals surface area contributed by atoms with Crippen molar-refractivity contribution in [1.29, 1.82) is 0 Å². The molecule has 1 aromatic heterocycles. The van der Waals surface area contributed by atoms with E-state index in [1.165, 1.54) is 5.56 Å².